The molecule has 0 radical (unpaired) electrons. The van der Waals surface area contributed by atoms with Gasteiger partial charge in [-0.2, -0.15) is 0 Å². The topological polar surface area (TPSA) is 50.8 Å². The van der Waals surface area contributed by atoms with Crippen molar-refractivity contribution in [2.75, 3.05) is 19.7 Å². The largest absolute Gasteiger partial charge is 0.543 e. The van der Waals surface area contributed by atoms with Gasteiger partial charge in [-0.15, -0.1) is 0 Å². The van der Waals surface area contributed by atoms with Crippen molar-refractivity contribution in [3.63, 3.8) is 0 Å². The molecule has 0 aromatic heterocycles. The van der Waals surface area contributed by atoms with Crippen LogP contribution in [0.3, 0.4) is 0 Å². The number of nitrogens with zero attached hydrogens (tertiary/aromatic N) is 1. The standard InChI is InChI=1S/C23H40N2O3Si/c1-7-17-27-22(26)21-14-10-16-25(24-21)15-9-12-19-11-8-13-20(18-19)28-29(5,6)23(2,3)4/h8,11,13,18,21,24H,7,9-10,12,14-17H2,1-6H3. The zero-order valence-corrected chi connectivity index (χ0v) is 20.2. The average Bonchev–Trinajstić information content (AvgIpc) is 2.65. The lowest BCUT2D eigenvalue weighted by Crippen LogP contribution is -2.53. The smallest absolute Gasteiger partial charge is 0.324 e. The van der Waals surface area contributed by atoms with Crippen molar-refractivity contribution < 1.29 is 14.0 Å². The van der Waals surface area contributed by atoms with Crippen LogP contribution >= 0.6 is 0 Å². The van der Waals surface area contributed by atoms with Gasteiger partial charge < -0.3 is 9.16 Å². The first-order chi connectivity index (χ1) is 13.6. The summed E-state index contributed by atoms with van der Waals surface area (Å²) in [5.74, 6) is 0.871. The normalized spacial score (nSPS) is 18.5. The van der Waals surface area contributed by atoms with Crippen LogP contribution in [-0.4, -0.2) is 45.0 Å². The van der Waals surface area contributed by atoms with Gasteiger partial charge in [-0.1, -0.05) is 39.8 Å². The molecule has 2 rings (SSSR count). The molecule has 1 saturated heterocycles. The third-order valence-electron chi connectivity index (χ3n) is 5.96. The lowest BCUT2D eigenvalue weighted by molar-refractivity contribution is -0.149. The second-order valence-corrected chi connectivity index (χ2v) is 14.3. The minimum Gasteiger partial charge on any atom is -0.543 e. The quantitative estimate of drug-likeness (QED) is 0.454. The molecule has 6 heteroatoms. The Labute approximate surface area is 178 Å². The summed E-state index contributed by atoms with van der Waals surface area (Å²) in [6.07, 6.45) is 4.77. The number of hydrazine groups is 1. The molecule has 1 fully saturated rings. The summed E-state index contributed by atoms with van der Waals surface area (Å²) >= 11 is 0. The molecule has 0 aliphatic carbocycles. The minimum atomic E-state index is -1.82. The van der Waals surface area contributed by atoms with Crippen LogP contribution in [-0.2, 0) is 16.0 Å². The molecule has 1 heterocycles. The second-order valence-electron chi connectivity index (χ2n) is 9.59. The van der Waals surface area contributed by atoms with Crippen LogP contribution in [0.5, 0.6) is 5.75 Å². The van der Waals surface area contributed by atoms with Gasteiger partial charge in [-0.3, -0.25) is 4.79 Å². The molecule has 1 aliphatic heterocycles. The monoisotopic (exact) mass is 420 g/mol. The van der Waals surface area contributed by atoms with E-state index in [2.05, 4.69) is 68.6 Å². The summed E-state index contributed by atoms with van der Waals surface area (Å²) < 4.78 is 11.7. The van der Waals surface area contributed by atoms with E-state index in [1.54, 1.807) is 0 Å². The Morgan fingerprint density at radius 3 is 2.76 bits per heavy atom. The predicted octanol–water partition coefficient (Wildman–Crippen LogP) is 4.93. The van der Waals surface area contributed by atoms with Crippen molar-refractivity contribution in [3.8, 4) is 5.75 Å². The number of hydrogen-bond acceptors (Lipinski definition) is 5. The second kappa shape index (κ2) is 10.6. The number of hydrogen-bond donors (Lipinski definition) is 1. The van der Waals surface area contributed by atoms with Gasteiger partial charge in [0.05, 0.1) is 6.61 Å². The first-order valence-electron chi connectivity index (χ1n) is 11.1. The highest BCUT2D eigenvalue weighted by Gasteiger charge is 2.38. The van der Waals surface area contributed by atoms with E-state index in [1.807, 2.05) is 6.92 Å². The number of carbonyl (C=O) groups is 1. The maximum atomic E-state index is 12.1. The molecule has 0 amide bonds. The number of esters is 1. The molecular formula is C23H40N2O3Si. The molecule has 164 valence electrons. The summed E-state index contributed by atoms with van der Waals surface area (Å²) in [5, 5.41) is 2.37. The van der Waals surface area contributed by atoms with Crippen molar-refractivity contribution in [1.29, 1.82) is 0 Å². The molecule has 0 saturated carbocycles. The summed E-state index contributed by atoms with van der Waals surface area (Å²) in [6, 6.07) is 8.33. The van der Waals surface area contributed by atoms with Gasteiger partial charge in [0.25, 0.3) is 0 Å². The number of carbonyl (C=O) groups excluding carboxylic acids is 1. The Balaban J connectivity index is 1.82. The lowest BCUT2D eigenvalue weighted by atomic mass is 10.1. The molecular weight excluding hydrogens is 380 g/mol. The van der Waals surface area contributed by atoms with Crippen molar-refractivity contribution in [2.24, 2.45) is 0 Å². The maximum absolute atomic E-state index is 12.1. The van der Waals surface area contributed by atoms with Crippen molar-refractivity contribution in [3.05, 3.63) is 29.8 Å². The molecule has 0 bridgehead atoms. The van der Waals surface area contributed by atoms with E-state index >= 15 is 0 Å². The number of aryl methyl sites for hydroxylation is 1. The van der Waals surface area contributed by atoms with Crippen LogP contribution in [0.25, 0.3) is 0 Å². The molecule has 1 aromatic carbocycles. The van der Waals surface area contributed by atoms with E-state index in [0.29, 0.717) is 6.61 Å². The lowest BCUT2D eigenvalue weighted by Gasteiger charge is -2.36. The fraction of sp³-hybridized carbons (Fsp3) is 0.696. The fourth-order valence-corrected chi connectivity index (χ4v) is 4.19. The van der Waals surface area contributed by atoms with Gasteiger partial charge >= 0.3 is 5.97 Å². The first kappa shape index (κ1) is 23.9. The van der Waals surface area contributed by atoms with Crippen LogP contribution in [0.2, 0.25) is 18.1 Å². The third kappa shape index (κ3) is 7.43. The van der Waals surface area contributed by atoms with E-state index in [-0.39, 0.29) is 17.0 Å². The van der Waals surface area contributed by atoms with E-state index in [0.717, 1.165) is 50.9 Å². The molecule has 1 aliphatic rings. The minimum absolute atomic E-state index is 0.118. The zero-order valence-electron chi connectivity index (χ0n) is 19.2. The summed E-state index contributed by atoms with van der Waals surface area (Å²) in [4.78, 5) is 12.1. The van der Waals surface area contributed by atoms with Gasteiger partial charge in [0.2, 0.25) is 8.32 Å². The number of rotatable bonds is 9. The average molecular weight is 421 g/mol. The molecule has 1 atom stereocenters. The van der Waals surface area contributed by atoms with Gasteiger partial charge in [0, 0.05) is 13.1 Å². The Hall–Kier alpha value is -1.37. The van der Waals surface area contributed by atoms with Crippen molar-refractivity contribution in [1.82, 2.24) is 10.4 Å². The van der Waals surface area contributed by atoms with Crippen LogP contribution in [0.15, 0.2) is 24.3 Å². The highest BCUT2D eigenvalue weighted by Crippen LogP contribution is 2.37. The molecule has 1 aromatic rings. The Kier molecular flexibility index (Phi) is 8.73. The summed E-state index contributed by atoms with van der Waals surface area (Å²) in [5.41, 5.74) is 4.65. The van der Waals surface area contributed by atoms with E-state index in [4.69, 9.17) is 9.16 Å². The van der Waals surface area contributed by atoms with E-state index in [1.165, 1.54) is 5.56 Å². The highest BCUT2D eigenvalue weighted by atomic mass is 28.4. The van der Waals surface area contributed by atoms with Gasteiger partial charge in [0.15, 0.2) is 0 Å². The van der Waals surface area contributed by atoms with Gasteiger partial charge in [-0.05, 0) is 67.9 Å². The summed E-state index contributed by atoms with van der Waals surface area (Å²) in [6.45, 7) is 15.8. The van der Waals surface area contributed by atoms with Crippen LogP contribution < -0.4 is 9.85 Å². The first-order valence-corrected chi connectivity index (χ1v) is 14.0. The maximum Gasteiger partial charge on any atom is 0.324 e. The molecule has 0 spiro atoms. The van der Waals surface area contributed by atoms with Gasteiger partial charge in [0.1, 0.15) is 11.8 Å². The Morgan fingerprint density at radius 1 is 1.31 bits per heavy atom. The number of ether oxygens (including phenoxy) is 1. The molecule has 29 heavy (non-hydrogen) atoms. The molecule has 1 unspecified atom stereocenters. The Morgan fingerprint density at radius 2 is 2.07 bits per heavy atom. The number of benzene rings is 1. The van der Waals surface area contributed by atoms with Crippen LogP contribution in [0, 0.1) is 0 Å². The third-order valence-corrected chi connectivity index (χ3v) is 10.3. The predicted molar refractivity (Wildman–Crippen MR) is 122 cm³/mol. The number of nitrogens with one attached hydrogen (secondary N) is 1. The molecule has 5 nitrogen and oxygen atoms in total. The van der Waals surface area contributed by atoms with Crippen LogP contribution in [0.1, 0.15) is 58.9 Å². The van der Waals surface area contributed by atoms with Crippen molar-refractivity contribution in [2.45, 2.75) is 84.0 Å². The van der Waals surface area contributed by atoms with Gasteiger partial charge in [-0.25, -0.2) is 10.4 Å². The molecule has 1 N–H and O–H groups in total. The highest BCUT2D eigenvalue weighted by molar-refractivity contribution is 6.74. The summed E-state index contributed by atoms with van der Waals surface area (Å²) in [7, 11) is -1.82. The van der Waals surface area contributed by atoms with Crippen molar-refractivity contribution >= 4 is 14.3 Å². The fourth-order valence-electron chi connectivity index (χ4n) is 3.17. The van der Waals surface area contributed by atoms with E-state index in [9.17, 15) is 4.79 Å². The zero-order chi connectivity index (χ0) is 21.5. The van der Waals surface area contributed by atoms with Crippen LogP contribution in [0.4, 0.5) is 0 Å². The van der Waals surface area contributed by atoms with E-state index < -0.39 is 8.32 Å². The Bertz CT molecular complexity index is 658. The SMILES string of the molecule is CCCOC(=O)C1CCCN(CCCc2cccc(O[Si](C)(C)C(C)(C)C)c2)N1.